The van der Waals surface area contributed by atoms with E-state index in [1.807, 2.05) is 6.07 Å². The van der Waals surface area contributed by atoms with Gasteiger partial charge in [-0.15, -0.1) is 0 Å². The fourth-order valence-electron chi connectivity index (χ4n) is 4.13. The molecule has 9 heteroatoms. The highest BCUT2D eigenvalue weighted by Gasteiger charge is 2.45. The maximum Gasteiger partial charge on any atom is 0.319 e. The maximum absolute atomic E-state index is 13.1. The van der Waals surface area contributed by atoms with Crippen molar-refractivity contribution < 1.29 is 14.7 Å². The Morgan fingerprint density at radius 2 is 1.90 bits per heavy atom. The normalized spacial score (nSPS) is 20.6. The van der Waals surface area contributed by atoms with Crippen LogP contribution in [0.3, 0.4) is 0 Å². The first-order valence-electron chi connectivity index (χ1n) is 9.53. The molecule has 2 fully saturated rings. The molecule has 29 heavy (non-hydrogen) atoms. The van der Waals surface area contributed by atoms with E-state index >= 15 is 0 Å². The molecule has 1 aromatic heterocycles. The SMILES string of the molecule is CN(C)C(=O)N1CC[C@@H]2CN(C(=O)c3nn(-c4ccccc4)c(=O)cc3O)C[C@@H]21. The molecule has 3 amide bonds. The zero-order chi connectivity index (χ0) is 20.7. The third-order valence-corrected chi connectivity index (χ3v) is 5.58. The summed E-state index contributed by atoms with van der Waals surface area (Å²) in [6, 6.07) is 9.62. The Morgan fingerprint density at radius 1 is 1.17 bits per heavy atom. The maximum atomic E-state index is 13.1. The Hall–Kier alpha value is -3.36. The largest absolute Gasteiger partial charge is 0.505 e. The predicted molar refractivity (Wildman–Crippen MR) is 105 cm³/mol. The smallest absolute Gasteiger partial charge is 0.319 e. The lowest BCUT2D eigenvalue weighted by Crippen LogP contribution is -2.45. The number of rotatable bonds is 2. The molecule has 0 spiro atoms. The summed E-state index contributed by atoms with van der Waals surface area (Å²) in [5.74, 6) is -0.686. The molecule has 0 unspecified atom stereocenters. The molecule has 2 aliphatic rings. The van der Waals surface area contributed by atoms with Crippen LogP contribution >= 0.6 is 0 Å². The summed E-state index contributed by atoms with van der Waals surface area (Å²) in [6.07, 6.45) is 0.830. The van der Waals surface area contributed by atoms with E-state index in [1.54, 1.807) is 48.2 Å². The van der Waals surface area contributed by atoms with Crippen LogP contribution in [0.2, 0.25) is 0 Å². The fraction of sp³-hybridized carbons (Fsp3) is 0.400. The number of benzene rings is 1. The summed E-state index contributed by atoms with van der Waals surface area (Å²) in [7, 11) is 3.42. The second-order valence-corrected chi connectivity index (χ2v) is 7.66. The number of nitrogens with zero attached hydrogens (tertiary/aromatic N) is 5. The van der Waals surface area contributed by atoms with E-state index in [4.69, 9.17) is 0 Å². The second-order valence-electron chi connectivity index (χ2n) is 7.66. The molecular weight excluding hydrogens is 374 g/mol. The summed E-state index contributed by atoms with van der Waals surface area (Å²) in [4.78, 5) is 42.7. The number of likely N-dealkylation sites (tertiary alicyclic amines) is 2. The lowest BCUT2D eigenvalue weighted by molar-refractivity contribution is 0.0760. The predicted octanol–water partition coefficient (Wildman–Crippen LogP) is 0.766. The summed E-state index contributed by atoms with van der Waals surface area (Å²) >= 11 is 0. The van der Waals surface area contributed by atoms with E-state index in [2.05, 4.69) is 5.10 Å². The van der Waals surface area contributed by atoms with Gasteiger partial charge in [-0.2, -0.15) is 9.78 Å². The average Bonchev–Trinajstić information content (AvgIpc) is 3.28. The molecule has 1 aromatic carbocycles. The zero-order valence-electron chi connectivity index (χ0n) is 16.4. The Labute approximate surface area is 167 Å². The first kappa shape index (κ1) is 19.0. The summed E-state index contributed by atoms with van der Waals surface area (Å²) in [6.45, 7) is 1.55. The lowest BCUT2D eigenvalue weighted by atomic mass is 10.1. The topological polar surface area (TPSA) is 99.0 Å². The molecule has 1 N–H and O–H groups in total. The van der Waals surface area contributed by atoms with Crippen molar-refractivity contribution in [2.45, 2.75) is 12.5 Å². The number of para-hydroxylation sites is 1. The van der Waals surface area contributed by atoms with Gasteiger partial charge >= 0.3 is 6.03 Å². The third-order valence-electron chi connectivity index (χ3n) is 5.58. The Kier molecular flexibility index (Phi) is 4.73. The first-order chi connectivity index (χ1) is 13.9. The molecule has 0 aliphatic carbocycles. The van der Waals surface area contributed by atoms with E-state index in [1.165, 1.54) is 4.90 Å². The zero-order valence-corrected chi connectivity index (χ0v) is 16.4. The van der Waals surface area contributed by atoms with E-state index in [0.717, 1.165) is 17.2 Å². The Bertz CT molecular complexity index is 1000. The Morgan fingerprint density at radius 3 is 2.59 bits per heavy atom. The molecule has 9 nitrogen and oxygen atoms in total. The van der Waals surface area contributed by atoms with E-state index < -0.39 is 17.2 Å². The summed E-state index contributed by atoms with van der Waals surface area (Å²) in [5, 5.41) is 14.4. The Balaban J connectivity index is 1.60. The van der Waals surface area contributed by atoms with Crippen molar-refractivity contribution in [1.29, 1.82) is 0 Å². The van der Waals surface area contributed by atoms with Gasteiger partial charge in [0.15, 0.2) is 11.4 Å². The number of amides is 3. The van der Waals surface area contributed by atoms with Gasteiger partial charge in [-0.05, 0) is 18.6 Å². The van der Waals surface area contributed by atoms with Gasteiger partial charge in [0, 0.05) is 45.7 Å². The van der Waals surface area contributed by atoms with Gasteiger partial charge in [0.2, 0.25) is 0 Å². The minimum atomic E-state index is -0.522. The standard InChI is InChI=1S/C20H23N5O4/c1-22(2)20(29)24-9-8-13-11-23(12-15(13)24)19(28)18-16(26)10-17(27)25(21-18)14-6-4-3-5-7-14/h3-7,10,13,15,26H,8-9,11-12H2,1-2H3/t13-,15+/m1/s1. The van der Waals surface area contributed by atoms with Crippen LogP contribution in [0, 0.1) is 5.92 Å². The number of urea groups is 1. The van der Waals surface area contributed by atoms with Crippen molar-refractivity contribution in [3.8, 4) is 11.4 Å². The number of fused-ring (bicyclic) bond motifs is 1. The summed E-state index contributed by atoms with van der Waals surface area (Å²) < 4.78 is 1.10. The summed E-state index contributed by atoms with van der Waals surface area (Å²) in [5.41, 5.74) is -0.183. The molecule has 2 saturated heterocycles. The molecule has 2 aliphatic heterocycles. The quantitative estimate of drug-likeness (QED) is 0.807. The van der Waals surface area contributed by atoms with Gasteiger partial charge in [-0.3, -0.25) is 9.59 Å². The third kappa shape index (κ3) is 3.32. The minimum absolute atomic E-state index is 0.0454. The van der Waals surface area contributed by atoms with E-state index in [9.17, 15) is 19.5 Å². The van der Waals surface area contributed by atoms with Crippen LogP contribution in [0.4, 0.5) is 4.79 Å². The fourth-order valence-corrected chi connectivity index (χ4v) is 4.13. The second kappa shape index (κ2) is 7.23. The van der Waals surface area contributed by atoms with Gasteiger partial charge < -0.3 is 19.8 Å². The highest BCUT2D eigenvalue weighted by molar-refractivity contribution is 5.95. The molecule has 0 radical (unpaired) electrons. The molecular formula is C20H23N5O4. The van der Waals surface area contributed by atoms with Crippen LogP contribution in [0.1, 0.15) is 16.9 Å². The van der Waals surface area contributed by atoms with Crippen molar-refractivity contribution in [3.05, 3.63) is 52.4 Å². The molecule has 152 valence electrons. The number of hydrogen-bond donors (Lipinski definition) is 1. The van der Waals surface area contributed by atoms with Crippen molar-refractivity contribution in [2.24, 2.45) is 5.92 Å². The molecule has 0 bridgehead atoms. The van der Waals surface area contributed by atoms with Gasteiger partial charge in [0.25, 0.3) is 11.5 Å². The van der Waals surface area contributed by atoms with Gasteiger partial charge in [-0.25, -0.2) is 4.79 Å². The number of aromatic hydroxyl groups is 1. The monoisotopic (exact) mass is 397 g/mol. The van der Waals surface area contributed by atoms with Crippen LogP contribution in [-0.2, 0) is 0 Å². The lowest BCUT2D eigenvalue weighted by Gasteiger charge is -2.27. The average molecular weight is 397 g/mol. The number of aromatic nitrogens is 2. The van der Waals surface area contributed by atoms with Crippen molar-refractivity contribution in [2.75, 3.05) is 33.7 Å². The van der Waals surface area contributed by atoms with Crippen LogP contribution in [0.25, 0.3) is 5.69 Å². The van der Waals surface area contributed by atoms with Gasteiger partial charge in [0.05, 0.1) is 11.7 Å². The minimum Gasteiger partial charge on any atom is -0.505 e. The van der Waals surface area contributed by atoms with E-state index in [-0.39, 0.29) is 23.7 Å². The van der Waals surface area contributed by atoms with E-state index in [0.29, 0.717) is 25.3 Å². The highest BCUT2D eigenvalue weighted by Crippen LogP contribution is 2.33. The van der Waals surface area contributed by atoms with Crippen molar-refractivity contribution in [3.63, 3.8) is 0 Å². The molecule has 2 aromatic rings. The molecule has 4 rings (SSSR count). The van der Waals surface area contributed by atoms with Crippen molar-refractivity contribution >= 4 is 11.9 Å². The first-order valence-corrected chi connectivity index (χ1v) is 9.53. The van der Waals surface area contributed by atoms with Crippen LogP contribution in [0.5, 0.6) is 5.75 Å². The van der Waals surface area contributed by atoms with Crippen molar-refractivity contribution in [1.82, 2.24) is 24.5 Å². The molecule has 0 saturated carbocycles. The van der Waals surface area contributed by atoms with Crippen LogP contribution < -0.4 is 5.56 Å². The van der Waals surface area contributed by atoms with Crippen LogP contribution in [0.15, 0.2) is 41.2 Å². The van der Waals surface area contributed by atoms with Gasteiger partial charge in [0.1, 0.15) is 0 Å². The number of hydrogen-bond acceptors (Lipinski definition) is 5. The highest BCUT2D eigenvalue weighted by atomic mass is 16.3. The molecule has 3 heterocycles. The van der Waals surface area contributed by atoms with Crippen LogP contribution in [-0.4, -0.2) is 81.3 Å². The molecule has 2 atom stereocenters. The van der Waals surface area contributed by atoms with Gasteiger partial charge in [-0.1, -0.05) is 18.2 Å². The number of carbonyl (C=O) groups excluding carboxylic acids is 2. The number of carbonyl (C=O) groups is 2.